The Hall–Kier alpha value is -1.33. The summed E-state index contributed by atoms with van der Waals surface area (Å²) >= 11 is 6.04. The molecule has 3 heterocycles. The van der Waals surface area contributed by atoms with Gasteiger partial charge in [-0.3, -0.25) is 9.88 Å². The summed E-state index contributed by atoms with van der Waals surface area (Å²) < 4.78 is 11.1. The second kappa shape index (κ2) is 5.70. The molecule has 3 rings (SSSR count). The third-order valence-corrected chi connectivity index (χ3v) is 4.17. The number of ether oxygens (including phenoxy) is 2. The molecular weight excluding hydrogens is 304 g/mol. The topological polar surface area (TPSA) is 51.7 Å². The summed E-state index contributed by atoms with van der Waals surface area (Å²) in [6.07, 6.45) is 2.26. The third kappa shape index (κ3) is 3.06. The van der Waals surface area contributed by atoms with Gasteiger partial charge in [-0.1, -0.05) is 11.6 Å². The van der Waals surface area contributed by atoms with Crippen molar-refractivity contribution in [3.05, 3.63) is 28.5 Å². The van der Waals surface area contributed by atoms with Crippen LogP contribution in [0.15, 0.2) is 12.3 Å². The van der Waals surface area contributed by atoms with Crippen LogP contribution in [0.2, 0.25) is 5.02 Å². The van der Waals surface area contributed by atoms with Crippen LogP contribution in [-0.2, 0) is 16.0 Å². The number of nitrogens with zero attached hydrogens (tertiary/aromatic N) is 2. The minimum atomic E-state index is -0.520. The average Bonchev–Trinajstić information content (AvgIpc) is 3.01. The first-order valence-corrected chi connectivity index (χ1v) is 7.94. The van der Waals surface area contributed by atoms with E-state index in [1.807, 2.05) is 26.8 Å². The Bertz CT molecular complexity index is 579. The van der Waals surface area contributed by atoms with E-state index in [9.17, 15) is 4.79 Å². The van der Waals surface area contributed by atoms with Crippen LogP contribution in [-0.4, -0.2) is 34.8 Å². The van der Waals surface area contributed by atoms with Crippen molar-refractivity contribution in [1.29, 1.82) is 0 Å². The first kappa shape index (κ1) is 15.6. The Kier molecular flexibility index (Phi) is 4.03. The summed E-state index contributed by atoms with van der Waals surface area (Å²) in [6.45, 7) is 7.48. The first-order chi connectivity index (χ1) is 10.3. The van der Waals surface area contributed by atoms with Gasteiger partial charge in [0.1, 0.15) is 5.60 Å². The maximum Gasteiger partial charge on any atom is 0.411 e. The molecule has 0 saturated carbocycles. The van der Waals surface area contributed by atoms with Gasteiger partial charge in [0.15, 0.2) is 0 Å². The van der Waals surface area contributed by atoms with Gasteiger partial charge < -0.3 is 9.47 Å². The lowest BCUT2D eigenvalue weighted by molar-refractivity contribution is 0.00999. The number of fused-ring (bicyclic) bond motifs is 1. The van der Waals surface area contributed by atoms with Gasteiger partial charge in [0, 0.05) is 18.7 Å². The van der Waals surface area contributed by atoms with E-state index in [0.717, 1.165) is 24.3 Å². The number of amides is 1. The van der Waals surface area contributed by atoms with Crippen molar-refractivity contribution >= 4 is 17.7 Å². The molecule has 2 unspecified atom stereocenters. The normalized spacial score (nSPS) is 24.5. The number of aromatic nitrogens is 1. The van der Waals surface area contributed by atoms with Gasteiger partial charge in [-0.25, -0.2) is 4.79 Å². The summed E-state index contributed by atoms with van der Waals surface area (Å²) in [5, 5.41) is 0.589. The molecule has 5 nitrogen and oxygen atoms in total. The highest BCUT2D eigenvalue weighted by Crippen LogP contribution is 2.41. The molecule has 22 heavy (non-hydrogen) atoms. The molecule has 0 N–H and O–H groups in total. The van der Waals surface area contributed by atoms with E-state index in [1.165, 1.54) is 0 Å². The SMILES string of the molecule is CC(C)(C)OC(=O)N1Cc2cc(Cl)cnc2C1C1CCOC1. The van der Waals surface area contributed by atoms with Crippen LogP contribution in [0.3, 0.4) is 0 Å². The zero-order chi connectivity index (χ0) is 15.9. The number of hydrogen-bond donors (Lipinski definition) is 0. The Labute approximate surface area is 135 Å². The molecule has 0 radical (unpaired) electrons. The zero-order valence-electron chi connectivity index (χ0n) is 13.1. The minimum absolute atomic E-state index is 0.0929. The van der Waals surface area contributed by atoms with Crippen LogP contribution in [0.1, 0.15) is 44.5 Å². The molecule has 120 valence electrons. The molecule has 1 amide bonds. The van der Waals surface area contributed by atoms with E-state index in [4.69, 9.17) is 21.1 Å². The van der Waals surface area contributed by atoms with Gasteiger partial charge in [0.2, 0.25) is 0 Å². The largest absolute Gasteiger partial charge is 0.444 e. The molecule has 2 aliphatic rings. The van der Waals surface area contributed by atoms with Crippen molar-refractivity contribution in [2.75, 3.05) is 13.2 Å². The maximum atomic E-state index is 12.6. The van der Waals surface area contributed by atoms with Crippen molar-refractivity contribution in [3.8, 4) is 0 Å². The Morgan fingerprint density at radius 1 is 1.50 bits per heavy atom. The summed E-state index contributed by atoms with van der Waals surface area (Å²) in [7, 11) is 0. The van der Waals surface area contributed by atoms with Crippen LogP contribution < -0.4 is 0 Å². The van der Waals surface area contributed by atoms with Crippen LogP contribution in [0, 0.1) is 5.92 Å². The molecule has 1 aromatic rings. The second-order valence-corrected chi connectivity index (χ2v) is 7.31. The zero-order valence-corrected chi connectivity index (χ0v) is 13.9. The van der Waals surface area contributed by atoms with Crippen molar-refractivity contribution in [1.82, 2.24) is 9.88 Å². The summed E-state index contributed by atoms with van der Waals surface area (Å²) in [5.74, 6) is 0.252. The lowest BCUT2D eigenvalue weighted by Gasteiger charge is -2.31. The highest BCUT2D eigenvalue weighted by Gasteiger charge is 2.42. The third-order valence-electron chi connectivity index (χ3n) is 3.96. The smallest absolute Gasteiger partial charge is 0.411 e. The van der Waals surface area contributed by atoms with Crippen molar-refractivity contribution in [2.45, 2.75) is 45.4 Å². The number of carbonyl (C=O) groups excluding carboxylic acids is 1. The average molecular weight is 325 g/mol. The van der Waals surface area contributed by atoms with Crippen LogP contribution in [0.4, 0.5) is 4.79 Å². The lowest BCUT2D eigenvalue weighted by atomic mass is 9.96. The second-order valence-electron chi connectivity index (χ2n) is 6.87. The predicted molar refractivity (Wildman–Crippen MR) is 82.7 cm³/mol. The van der Waals surface area contributed by atoms with Gasteiger partial charge in [0.25, 0.3) is 0 Å². The number of carbonyl (C=O) groups is 1. The number of hydrogen-bond acceptors (Lipinski definition) is 4. The summed E-state index contributed by atoms with van der Waals surface area (Å²) in [5.41, 5.74) is 1.40. The number of rotatable bonds is 1. The predicted octanol–water partition coefficient (Wildman–Crippen LogP) is 3.56. The number of pyridine rings is 1. The maximum absolute atomic E-state index is 12.6. The van der Waals surface area contributed by atoms with E-state index >= 15 is 0 Å². The van der Waals surface area contributed by atoms with Gasteiger partial charge in [-0.15, -0.1) is 0 Å². The molecule has 6 heteroatoms. The van der Waals surface area contributed by atoms with Gasteiger partial charge >= 0.3 is 6.09 Å². The Morgan fingerprint density at radius 3 is 2.91 bits per heavy atom. The van der Waals surface area contributed by atoms with Crippen molar-refractivity contribution < 1.29 is 14.3 Å². The van der Waals surface area contributed by atoms with Crippen LogP contribution in [0.25, 0.3) is 0 Å². The molecule has 0 aromatic carbocycles. The Morgan fingerprint density at radius 2 is 2.27 bits per heavy atom. The van der Waals surface area contributed by atoms with Crippen LogP contribution >= 0.6 is 11.6 Å². The van der Waals surface area contributed by atoms with Crippen LogP contribution in [0.5, 0.6) is 0 Å². The quantitative estimate of drug-likeness (QED) is 0.792. The molecular formula is C16H21ClN2O3. The fourth-order valence-corrected chi connectivity index (χ4v) is 3.27. The highest BCUT2D eigenvalue weighted by atomic mass is 35.5. The minimum Gasteiger partial charge on any atom is -0.444 e. The van der Waals surface area contributed by atoms with Gasteiger partial charge in [0.05, 0.1) is 29.9 Å². The first-order valence-electron chi connectivity index (χ1n) is 7.57. The van der Waals surface area contributed by atoms with Gasteiger partial charge in [-0.2, -0.15) is 0 Å². The molecule has 0 aliphatic carbocycles. The molecule has 0 spiro atoms. The number of halogens is 1. The van der Waals surface area contributed by atoms with Crippen molar-refractivity contribution in [3.63, 3.8) is 0 Å². The molecule has 1 aromatic heterocycles. The molecule has 1 saturated heterocycles. The van der Waals surface area contributed by atoms with E-state index in [1.54, 1.807) is 11.1 Å². The Balaban J connectivity index is 1.90. The summed E-state index contributed by atoms with van der Waals surface area (Å²) in [4.78, 5) is 18.8. The van der Waals surface area contributed by atoms with Gasteiger partial charge in [-0.05, 0) is 38.8 Å². The summed E-state index contributed by atoms with van der Waals surface area (Å²) in [6, 6.07) is 1.79. The lowest BCUT2D eigenvalue weighted by Crippen LogP contribution is -2.38. The van der Waals surface area contributed by atoms with E-state index in [0.29, 0.717) is 18.2 Å². The fourth-order valence-electron chi connectivity index (χ4n) is 3.09. The molecule has 1 fully saturated rings. The van der Waals surface area contributed by atoms with Crippen molar-refractivity contribution in [2.24, 2.45) is 5.92 Å². The van der Waals surface area contributed by atoms with E-state index in [-0.39, 0.29) is 18.1 Å². The molecule has 2 aliphatic heterocycles. The van der Waals surface area contributed by atoms with E-state index < -0.39 is 5.60 Å². The monoisotopic (exact) mass is 324 g/mol. The fraction of sp³-hybridized carbons (Fsp3) is 0.625. The highest BCUT2D eigenvalue weighted by molar-refractivity contribution is 6.30. The molecule has 0 bridgehead atoms. The standard InChI is InChI=1S/C16H21ClN2O3/c1-16(2,3)22-15(20)19-8-11-6-12(17)7-18-13(11)14(19)10-4-5-21-9-10/h6-7,10,14H,4-5,8-9H2,1-3H3. The molecule has 2 atom stereocenters. The van der Waals surface area contributed by atoms with E-state index in [2.05, 4.69) is 4.98 Å².